The van der Waals surface area contributed by atoms with Crippen molar-refractivity contribution >= 4 is 0 Å². The molecule has 2 heterocycles. The van der Waals surface area contributed by atoms with Gasteiger partial charge in [0.25, 0.3) is 0 Å². The summed E-state index contributed by atoms with van der Waals surface area (Å²) in [6.45, 7) is 8.70. The van der Waals surface area contributed by atoms with Gasteiger partial charge in [-0.25, -0.2) is 0 Å². The van der Waals surface area contributed by atoms with Crippen LogP contribution in [0.2, 0.25) is 0 Å². The normalized spacial score (nSPS) is 25.7. The maximum absolute atomic E-state index is 3.72. The minimum absolute atomic E-state index is 0.791. The van der Waals surface area contributed by atoms with Crippen LogP contribution in [0.3, 0.4) is 0 Å². The number of rotatable bonds is 5. The van der Waals surface area contributed by atoms with E-state index >= 15 is 0 Å². The van der Waals surface area contributed by atoms with Crippen molar-refractivity contribution in [3.8, 4) is 0 Å². The minimum atomic E-state index is 0.791. The fourth-order valence-corrected chi connectivity index (χ4v) is 3.31. The molecule has 2 aliphatic heterocycles. The summed E-state index contributed by atoms with van der Waals surface area (Å²) in [7, 11) is 2.25. The average Bonchev–Trinajstić information content (AvgIpc) is 2.41. The zero-order valence-corrected chi connectivity index (χ0v) is 12.3. The Kier molecular flexibility index (Phi) is 5.93. The Morgan fingerprint density at radius 2 is 1.67 bits per heavy atom. The molecule has 3 heteroatoms. The minimum Gasteiger partial charge on any atom is -0.314 e. The second-order valence-corrected chi connectivity index (χ2v) is 6.15. The Hall–Kier alpha value is -0.120. The number of hydrogen-bond donors (Lipinski definition) is 1. The molecular weight excluding hydrogens is 222 g/mol. The van der Waals surface area contributed by atoms with E-state index in [1.54, 1.807) is 0 Å². The molecular formula is C15H31N3. The van der Waals surface area contributed by atoms with Crippen LogP contribution >= 0.6 is 0 Å². The Bertz CT molecular complexity index is 216. The molecule has 0 atom stereocenters. The summed E-state index contributed by atoms with van der Waals surface area (Å²) in [5, 5.41) is 3.72. The third kappa shape index (κ3) is 4.22. The van der Waals surface area contributed by atoms with E-state index in [2.05, 4.69) is 29.1 Å². The maximum Gasteiger partial charge on any atom is 0.0120 e. The molecule has 0 radical (unpaired) electrons. The number of unbranched alkanes of at least 4 members (excludes halogenated alkanes) is 1. The summed E-state index contributed by atoms with van der Waals surface area (Å²) in [6.07, 6.45) is 8.11. The van der Waals surface area contributed by atoms with Crippen molar-refractivity contribution in [3.05, 3.63) is 0 Å². The van der Waals surface area contributed by atoms with Gasteiger partial charge in [-0.3, -0.25) is 0 Å². The van der Waals surface area contributed by atoms with Crippen LogP contribution in [0.15, 0.2) is 0 Å². The number of nitrogens with zero attached hydrogens (tertiary/aromatic N) is 2. The van der Waals surface area contributed by atoms with Gasteiger partial charge in [0.2, 0.25) is 0 Å². The van der Waals surface area contributed by atoms with Gasteiger partial charge in [0.1, 0.15) is 0 Å². The van der Waals surface area contributed by atoms with E-state index in [9.17, 15) is 0 Å². The first-order chi connectivity index (χ1) is 8.79. The lowest BCUT2D eigenvalue weighted by Crippen LogP contribution is -2.50. The van der Waals surface area contributed by atoms with E-state index in [1.807, 2.05) is 0 Å². The molecule has 0 aliphatic carbocycles. The van der Waals surface area contributed by atoms with Gasteiger partial charge in [-0.15, -0.1) is 0 Å². The van der Waals surface area contributed by atoms with E-state index in [0.717, 1.165) is 12.1 Å². The molecule has 106 valence electrons. The zero-order chi connectivity index (χ0) is 12.8. The SMILES string of the molecule is CCCCNC1CCN(C2CCN(C)CC2)CC1. The molecule has 0 saturated carbocycles. The van der Waals surface area contributed by atoms with Gasteiger partial charge in [0.05, 0.1) is 0 Å². The lowest BCUT2D eigenvalue weighted by molar-refractivity contribution is 0.0923. The van der Waals surface area contributed by atoms with E-state index in [0.29, 0.717) is 0 Å². The largest absolute Gasteiger partial charge is 0.314 e. The molecule has 0 aromatic rings. The third-order valence-corrected chi connectivity index (χ3v) is 4.70. The standard InChI is InChI=1S/C15H31N3/c1-3-4-9-16-14-5-12-18(13-6-14)15-7-10-17(2)11-8-15/h14-16H,3-13H2,1-2H3. The highest BCUT2D eigenvalue weighted by Gasteiger charge is 2.26. The van der Waals surface area contributed by atoms with Gasteiger partial charge < -0.3 is 15.1 Å². The molecule has 3 nitrogen and oxygen atoms in total. The van der Waals surface area contributed by atoms with Crippen molar-refractivity contribution in [2.75, 3.05) is 39.8 Å². The second-order valence-electron chi connectivity index (χ2n) is 6.15. The fraction of sp³-hybridized carbons (Fsp3) is 1.00. The third-order valence-electron chi connectivity index (χ3n) is 4.70. The van der Waals surface area contributed by atoms with Crippen LogP contribution in [-0.2, 0) is 0 Å². The topological polar surface area (TPSA) is 18.5 Å². The summed E-state index contributed by atoms with van der Waals surface area (Å²) in [4.78, 5) is 5.22. The first-order valence-corrected chi connectivity index (χ1v) is 7.95. The van der Waals surface area contributed by atoms with Crippen molar-refractivity contribution in [1.29, 1.82) is 0 Å². The van der Waals surface area contributed by atoms with Gasteiger partial charge in [-0.2, -0.15) is 0 Å². The zero-order valence-electron chi connectivity index (χ0n) is 12.3. The van der Waals surface area contributed by atoms with Crippen molar-refractivity contribution < 1.29 is 0 Å². The summed E-state index contributed by atoms with van der Waals surface area (Å²) in [6, 6.07) is 1.66. The van der Waals surface area contributed by atoms with Crippen LogP contribution in [0, 0.1) is 0 Å². The molecule has 2 fully saturated rings. The number of hydrogen-bond acceptors (Lipinski definition) is 3. The summed E-state index contributed by atoms with van der Waals surface area (Å²) >= 11 is 0. The summed E-state index contributed by atoms with van der Waals surface area (Å²) in [5.41, 5.74) is 0. The van der Waals surface area contributed by atoms with E-state index in [4.69, 9.17) is 0 Å². The molecule has 2 saturated heterocycles. The molecule has 0 amide bonds. The molecule has 2 aliphatic rings. The van der Waals surface area contributed by atoms with Crippen LogP contribution in [0.25, 0.3) is 0 Å². The van der Waals surface area contributed by atoms with Gasteiger partial charge in [-0.05, 0) is 71.9 Å². The molecule has 0 aromatic carbocycles. The number of piperidine rings is 2. The van der Waals surface area contributed by atoms with Crippen LogP contribution in [0.4, 0.5) is 0 Å². The number of likely N-dealkylation sites (tertiary alicyclic amines) is 2. The smallest absolute Gasteiger partial charge is 0.0120 e. The van der Waals surface area contributed by atoms with Crippen molar-refractivity contribution in [2.24, 2.45) is 0 Å². The van der Waals surface area contributed by atoms with Crippen molar-refractivity contribution in [2.45, 2.75) is 57.5 Å². The van der Waals surface area contributed by atoms with Crippen molar-refractivity contribution in [3.63, 3.8) is 0 Å². The molecule has 1 N–H and O–H groups in total. The average molecular weight is 253 g/mol. The molecule has 18 heavy (non-hydrogen) atoms. The van der Waals surface area contributed by atoms with E-state index in [1.165, 1.54) is 71.2 Å². The fourth-order valence-electron chi connectivity index (χ4n) is 3.31. The quantitative estimate of drug-likeness (QED) is 0.755. The highest BCUT2D eigenvalue weighted by atomic mass is 15.2. The molecule has 2 rings (SSSR count). The van der Waals surface area contributed by atoms with Gasteiger partial charge in [0.15, 0.2) is 0 Å². The van der Waals surface area contributed by atoms with Crippen LogP contribution in [-0.4, -0.2) is 61.7 Å². The Morgan fingerprint density at radius 1 is 1.00 bits per heavy atom. The monoisotopic (exact) mass is 253 g/mol. The lowest BCUT2D eigenvalue weighted by atomic mass is 9.98. The first-order valence-electron chi connectivity index (χ1n) is 7.95. The van der Waals surface area contributed by atoms with Crippen LogP contribution in [0.5, 0.6) is 0 Å². The molecule has 0 spiro atoms. The molecule has 0 aromatic heterocycles. The Morgan fingerprint density at radius 3 is 2.28 bits per heavy atom. The molecule has 0 bridgehead atoms. The van der Waals surface area contributed by atoms with E-state index in [-0.39, 0.29) is 0 Å². The molecule has 0 unspecified atom stereocenters. The van der Waals surface area contributed by atoms with E-state index < -0.39 is 0 Å². The Labute approximate surface area is 113 Å². The van der Waals surface area contributed by atoms with Crippen molar-refractivity contribution in [1.82, 2.24) is 15.1 Å². The van der Waals surface area contributed by atoms with Gasteiger partial charge in [0, 0.05) is 12.1 Å². The highest BCUT2D eigenvalue weighted by Crippen LogP contribution is 2.20. The van der Waals surface area contributed by atoms with Crippen LogP contribution < -0.4 is 5.32 Å². The van der Waals surface area contributed by atoms with Gasteiger partial charge >= 0.3 is 0 Å². The second kappa shape index (κ2) is 7.46. The summed E-state index contributed by atoms with van der Waals surface area (Å²) in [5.74, 6) is 0. The maximum atomic E-state index is 3.72. The predicted molar refractivity (Wildman–Crippen MR) is 78.0 cm³/mol. The lowest BCUT2D eigenvalue weighted by Gasteiger charge is -2.41. The van der Waals surface area contributed by atoms with Gasteiger partial charge in [-0.1, -0.05) is 13.3 Å². The number of nitrogens with one attached hydrogen (secondary N) is 1. The summed E-state index contributed by atoms with van der Waals surface area (Å²) < 4.78 is 0. The highest BCUT2D eigenvalue weighted by molar-refractivity contribution is 4.84. The Balaban J connectivity index is 1.63. The first kappa shape index (κ1) is 14.3. The van der Waals surface area contributed by atoms with Crippen LogP contribution in [0.1, 0.15) is 45.4 Å². The predicted octanol–water partition coefficient (Wildman–Crippen LogP) is 1.93.